The van der Waals surface area contributed by atoms with Gasteiger partial charge in [-0.25, -0.2) is 0 Å². The maximum absolute atomic E-state index is 9.79. The van der Waals surface area contributed by atoms with Crippen molar-refractivity contribution in [2.45, 2.75) is 82.2 Å². The van der Waals surface area contributed by atoms with E-state index in [1.807, 2.05) is 6.08 Å². The molecule has 1 aliphatic heterocycles. The Balaban J connectivity index is 1.98. The van der Waals surface area contributed by atoms with Gasteiger partial charge in [-0.05, 0) is 19.3 Å². The van der Waals surface area contributed by atoms with Crippen molar-refractivity contribution in [1.82, 2.24) is 0 Å². The lowest BCUT2D eigenvalue weighted by Crippen LogP contribution is -2.33. The van der Waals surface area contributed by atoms with E-state index in [2.05, 4.69) is 6.58 Å². The molecule has 0 aromatic rings. The van der Waals surface area contributed by atoms with Gasteiger partial charge in [0.15, 0.2) is 0 Å². The predicted molar refractivity (Wildman–Crippen MR) is 79.5 cm³/mol. The van der Waals surface area contributed by atoms with Crippen LogP contribution in [0.3, 0.4) is 0 Å². The first-order chi connectivity index (χ1) is 9.70. The summed E-state index contributed by atoms with van der Waals surface area (Å²) in [6.07, 6.45) is 9.49. The van der Waals surface area contributed by atoms with Crippen LogP contribution in [0.4, 0.5) is 0 Å². The maximum Gasteiger partial charge on any atom is 0.111 e. The zero-order valence-corrected chi connectivity index (χ0v) is 12.4. The first-order valence-corrected chi connectivity index (χ1v) is 7.94. The zero-order chi connectivity index (χ0) is 14.8. The highest BCUT2D eigenvalue weighted by Gasteiger charge is 2.41. The molecule has 118 valence electrons. The first kappa shape index (κ1) is 17.6. The van der Waals surface area contributed by atoms with Gasteiger partial charge in [0.05, 0.1) is 12.7 Å². The van der Waals surface area contributed by atoms with E-state index in [9.17, 15) is 10.2 Å². The maximum atomic E-state index is 9.79. The molecule has 4 nitrogen and oxygen atoms in total. The molecule has 1 rings (SSSR count). The standard InChI is InChI=1S/C16H30O4/c1-2-3-4-5-6-7-8-9-10-11-13-15(18)16(19)14(12-17)20-13/h2,13-19H,1,3-12H2/t13?,14-,15-,16-/m1/s1. The van der Waals surface area contributed by atoms with Gasteiger partial charge in [-0.3, -0.25) is 0 Å². The van der Waals surface area contributed by atoms with E-state index >= 15 is 0 Å². The van der Waals surface area contributed by atoms with Gasteiger partial charge >= 0.3 is 0 Å². The van der Waals surface area contributed by atoms with E-state index < -0.39 is 18.3 Å². The van der Waals surface area contributed by atoms with E-state index in [-0.39, 0.29) is 12.7 Å². The smallest absolute Gasteiger partial charge is 0.111 e. The van der Waals surface area contributed by atoms with Crippen LogP contribution in [-0.2, 0) is 4.74 Å². The Morgan fingerprint density at radius 2 is 1.40 bits per heavy atom. The summed E-state index contributed by atoms with van der Waals surface area (Å²) in [6, 6.07) is 0. The van der Waals surface area contributed by atoms with Gasteiger partial charge in [0.1, 0.15) is 18.3 Å². The fraction of sp³-hybridized carbons (Fsp3) is 0.875. The highest BCUT2D eigenvalue weighted by atomic mass is 16.6. The molecule has 1 unspecified atom stereocenters. The van der Waals surface area contributed by atoms with E-state index in [0.717, 1.165) is 25.7 Å². The molecule has 1 heterocycles. The molecule has 0 radical (unpaired) electrons. The molecule has 1 fully saturated rings. The van der Waals surface area contributed by atoms with Crippen LogP contribution in [0.15, 0.2) is 12.7 Å². The molecule has 0 aromatic heterocycles. The number of aliphatic hydroxyl groups excluding tert-OH is 3. The molecule has 0 aromatic carbocycles. The average Bonchev–Trinajstić information content (AvgIpc) is 2.73. The third kappa shape index (κ3) is 5.92. The highest BCUT2D eigenvalue weighted by molar-refractivity contribution is 4.90. The molecule has 4 atom stereocenters. The number of hydrogen-bond donors (Lipinski definition) is 3. The van der Waals surface area contributed by atoms with Crippen LogP contribution < -0.4 is 0 Å². The minimum atomic E-state index is -0.949. The summed E-state index contributed by atoms with van der Waals surface area (Å²) in [4.78, 5) is 0. The molecule has 3 N–H and O–H groups in total. The van der Waals surface area contributed by atoms with Gasteiger partial charge in [-0.2, -0.15) is 0 Å². The summed E-state index contributed by atoms with van der Waals surface area (Å²) >= 11 is 0. The summed E-state index contributed by atoms with van der Waals surface area (Å²) in [7, 11) is 0. The number of hydrogen-bond acceptors (Lipinski definition) is 4. The van der Waals surface area contributed by atoms with Crippen LogP contribution in [0.1, 0.15) is 57.8 Å². The second-order valence-electron chi connectivity index (χ2n) is 5.72. The van der Waals surface area contributed by atoms with Crippen LogP contribution in [0, 0.1) is 0 Å². The molecule has 1 saturated heterocycles. The molecule has 0 amide bonds. The lowest BCUT2D eigenvalue weighted by Gasteiger charge is -2.14. The van der Waals surface area contributed by atoms with Crippen molar-refractivity contribution in [2.75, 3.05) is 6.61 Å². The van der Waals surface area contributed by atoms with Crippen molar-refractivity contribution in [3.8, 4) is 0 Å². The van der Waals surface area contributed by atoms with E-state index in [0.29, 0.717) is 0 Å². The van der Waals surface area contributed by atoms with Crippen molar-refractivity contribution in [3.63, 3.8) is 0 Å². The van der Waals surface area contributed by atoms with Crippen LogP contribution >= 0.6 is 0 Å². The summed E-state index contributed by atoms with van der Waals surface area (Å²) < 4.78 is 5.45. The molecule has 0 aliphatic carbocycles. The number of allylic oxidation sites excluding steroid dienone is 1. The predicted octanol–water partition coefficient (Wildman–Crippen LogP) is 2.16. The van der Waals surface area contributed by atoms with Crippen LogP contribution in [-0.4, -0.2) is 46.3 Å². The first-order valence-electron chi connectivity index (χ1n) is 7.94. The fourth-order valence-corrected chi connectivity index (χ4v) is 2.73. The minimum Gasteiger partial charge on any atom is -0.394 e. The second kappa shape index (κ2) is 10.3. The molecule has 4 heteroatoms. The Kier molecular flexibility index (Phi) is 9.10. The lowest BCUT2D eigenvalue weighted by molar-refractivity contribution is -0.0246. The van der Waals surface area contributed by atoms with Gasteiger partial charge in [0.25, 0.3) is 0 Å². The van der Waals surface area contributed by atoms with Crippen molar-refractivity contribution in [1.29, 1.82) is 0 Å². The van der Waals surface area contributed by atoms with E-state index in [1.54, 1.807) is 0 Å². The molecule has 0 spiro atoms. The normalized spacial score (nSPS) is 29.8. The quantitative estimate of drug-likeness (QED) is 0.402. The van der Waals surface area contributed by atoms with Gasteiger partial charge in [0, 0.05) is 0 Å². The molecule has 0 bridgehead atoms. The van der Waals surface area contributed by atoms with Crippen molar-refractivity contribution in [3.05, 3.63) is 12.7 Å². The monoisotopic (exact) mass is 286 g/mol. The second-order valence-corrected chi connectivity index (χ2v) is 5.72. The van der Waals surface area contributed by atoms with E-state index in [4.69, 9.17) is 9.84 Å². The van der Waals surface area contributed by atoms with Crippen molar-refractivity contribution >= 4 is 0 Å². The molecular weight excluding hydrogens is 256 g/mol. The Bertz CT molecular complexity index is 257. The van der Waals surface area contributed by atoms with Gasteiger partial charge in [-0.15, -0.1) is 6.58 Å². The van der Waals surface area contributed by atoms with E-state index in [1.165, 1.54) is 32.1 Å². The fourth-order valence-electron chi connectivity index (χ4n) is 2.73. The van der Waals surface area contributed by atoms with Crippen molar-refractivity contribution in [2.24, 2.45) is 0 Å². The van der Waals surface area contributed by atoms with Gasteiger partial charge in [0.2, 0.25) is 0 Å². The number of rotatable bonds is 11. The SMILES string of the molecule is C=CCCCCCCCCCC1O[C@H](CO)[C@@H](O)[C@@H]1O. The summed E-state index contributed by atoms with van der Waals surface area (Å²) in [5, 5.41) is 28.4. The summed E-state index contributed by atoms with van der Waals surface area (Å²) in [5.41, 5.74) is 0. The minimum absolute atomic E-state index is 0.237. The molecule has 0 saturated carbocycles. The molecule has 20 heavy (non-hydrogen) atoms. The molecular formula is C16H30O4. The third-order valence-electron chi connectivity index (χ3n) is 4.04. The number of ether oxygens (including phenoxy) is 1. The Hall–Kier alpha value is -0.420. The Morgan fingerprint density at radius 3 is 1.95 bits per heavy atom. The Morgan fingerprint density at radius 1 is 0.850 bits per heavy atom. The average molecular weight is 286 g/mol. The number of unbranched alkanes of at least 4 members (excludes halogenated alkanes) is 7. The lowest BCUT2D eigenvalue weighted by atomic mass is 10.0. The highest BCUT2D eigenvalue weighted by Crippen LogP contribution is 2.25. The van der Waals surface area contributed by atoms with Crippen LogP contribution in [0.5, 0.6) is 0 Å². The summed E-state index contributed by atoms with van der Waals surface area (Å²) in [5.74, 6) is 0. The van der Waals surface area contributed by atoms with Crippen LogP contribution in [0.25, 0.3) is 0 Å². The topological polar surface area (TPSA) is 69.9 Å². The zero-order valence-electron chi connectivity index (χ0n) is 12.4. The largest absolute Gasteiger partial charge is 0.394 e. The molecule has 1 aliphatic rings. The third-order valence-corrected chi connectivity index (χ3v) is 4.04. The van der Waals surface area contributed by atoms with Gasteiger partial charge in [-0.1, -0.05) is 44.6 Å². The number of aliphatic hydroxyl groups is 3. The summed E-state index contributed by atoms with van der Waals surface area (Å²) in [6.45, 7) is 3.48. The Labute approximate surface area is 122 Å². The van der Waals surface area contributed by atoms with Crippen molar-refractivity contribution < 1.29 is 20.1 Å². The van der Waals surface area contributed by atoms with Gasteiger partial charge < -0.3 is 20.1 Å². The van der Waals surface area contributed by atoms with Crippen LogP contribution in [0.2, 0.25) is 0 Å².